The zero-order valence-electron chi connectivity index (χ0n) is 34.4. The van der Waals surface area contributed by atoms with Crippen LogP contribution in [0.4, 0.5) is 17.1 Å². The smallest absolute Gasteiger partial charge is 0.293 e. The number of aromatic amines is 1. The zero-order chi connectivity index (χ0) is 42.5. The third kappa shape index (κ3) is 10.0. The normalized spacial score (nSPS) is 17.5. The highest BCUT2D eigenvalue weighted by molar-refractivity contribution is 7.90. The fraction of sp³-hybridized carbons (Fsp3) is 0.370. The molecule has 3 heterocycles. The fourth-order valence-electron chi connectivity index (χ4n) is 8.73. The van der Waals surface area contributed by atoms with Gasteiger partial charge in [0.05, 0.1) is 15.4 Å². The molecular formula is C46H52ClN7O6S. The van der Waals surface area contributed by atoms with Crippen LogP contribution in [0.3, 0.4) is 0 Å². The first-order chi connectivity index (χ1) is 29.5. The van der Waals surface area contributed by atoms with E-state index in [-0.39, 0.29) is 28.7 Å². The third-order valence-electron chi connectivity index (χ3n) is 12.2. The SMILES string of the molecule is CN1CCC(Nc2ccc(S(=O)(=O)NC(=O)c3ccc(N4CCN(CC5=C(c6ccc(Cl)cc6)CCCCCC5)CC4)cc3Oc3cccc4[nH]ccc34)cc2[N+](=O)[O-])CC1. The van der Waals surface area contributed by atoms with Gasteiger partial charge in [0.1, 0.15) is 17.2 Å². The van der Waals surface area contributed by atoms with Gasteiger partial charge < -0.3 is 24.8 Å². The van der Waals surface area contributed by atoms with Crippen LogP contribution in [0, 0.1) is 10.1 Å². The second kappa shape index (κ2) is 18.7. The summed E-state index contributed by atoms with van der Waals surface area (Å²) < 4.78 is 36.1. The van der Waals surface area contributed by atoms with Crippen LogP contribution in [-0.4, -0.2) is 92.9 Å². The van der Waals surface area contributed by atoms with Crippen molar-refractivity contribution in [3.8, 4) is 11.5 Å². The van der Waals surface area contributed by atoms with E-state index in [1.165, 1.54) is 54.5 Å². The molecule has 3 N–H and O–H groups in total. The Balaban J connectivity index is 1.02. The second-order valence-corrected chi connectivity index (χ2v) is 18.5. The van der Waals surface area contributed by atoms with Gasteiger partial charge in [-0.05, 0) is 124 Å². The number of fused-ring (bicyclic) bond motifs is 1. The number of H-pyrrole nitrogens is 1. The molecule has 0 atom stereocenters. The number of sulfonamides is 1. The fourth-order valence-corrected chi connectivity index (χ4v) is 9.85. The summed E-state index contributed by atoms with van der Waals surface area (Å²) >= 11 is 6.25. The molecule has 2 fully saturated rings. The topological polar surface area (TPSA) is 153 Å². The van der Waals surface area contributed by atoms with Crippen molar-refractivity contribution in [2.45, 2.75) is 62.3 Å². The Morgan fingerprint density at radius 2 is 1.64 bits per heavy atom. The van der Waals surface area contributed by atoms with Crippen LogP contribution in [0.1, 0.15) is 67.3 Å². The molecule has 1 aromatic heterocycles. The standard InChI is InChI=1S/C46H52ClN7O6S/c1-51-23-20-35(21-24-51)49-42-18-16-37(30-43(42)54(56)57)61(58,59)50-46(55)40-17-15-36(29-45(40)60-44-10-6-9-41-39(44)19-22-48-41)53-27-25-52(26-28-53)31-33-7-4-2-3-5-8-38(33)32-11-13-34(47)14-12-32/h6,9-19,22,29-30,35,48-49H,2-5,7-8,20-21,23-28,31H2,1H3,(H,50,55). The minimum absolute atomic E-state index is 0.000462. The molecule has 61 heavy (non-hydrogen) atoms. The first kappa shape index (κ1) is 42.3. The maximum Gasteiger partial charge on any atom is 0.293 e. The van der Waals surface area contributed by atoms with E-state index in [4.69, 9.17) is 16.3 Å². The summed E-state index contributed by atoms with van der Waals surface area (Å²) in [4.78, 5) is 35.3. The third-order valence-corrected chi connectivity index (χ3v) is 13.8. The summed E-state index contributed by atoms with van der Waals surface area (Å²) in [7, 11) is -2.51. The number of amides is 1. The van der Waals surface area contributed by atoms with Crippen molar-refractivity contribution >= 4 is 61.1 Å². The predicted octanol–water partition coefficient (Wildman–Crippen LogP) is 9.08. The van der Waals surface area contributed by atoms with Crippen LogP contribution in [0.5, 0.6) is 11.5 Å². The average molecular weight is 866 g/mol. The van der Waals surface area contributed by atoms with Crippen molar-refractivity contribution < 1.29 is 22.9 Å². The summed E-state index contributed by atoms with van der Waals surface area (Å²) in [6, 6.07) is 24.5. The van der Waals surface area contributed by atoms with Crippen LogP contribution in [-0.2, 0) is 10.0 Å². The van der Waals surface area contributed by atoms with Gasteiger partial charge in [0.2, 0.25) is 0 Å². The molecule has 5 aromatic rings. The van der Waals surface area contributed by atoms with E-state index in [0.29, 0.717) is 5.75 Å². The molecule has 0 saturated carbocycles. The summed E-state index contributed by atoms with van der Waals surface area (Å²) in [6.45, 7) is 5.79. The number of hydrogen-bond donors (Lipinski definition) is 3. The van der Waals surface area contributed by atoms with Gasteiger partial charge in [-0.15, -0.1) is 0 Å². The van der Waals surface area contributed by atoms with Crippen LogP contribution >= 0.6 is 11.6 Å². The molecular weight excluding hydrogens is 814 g/mol. The Kier molecular flexibility index (Phi) is 13.0. The van der Waals surface area contributed by atoms with Crippen LogP contribution in [0.15, 0.2) is 102 Å². The minimum atomic E-state index is -4.54. The first-order valence-electron chi connectivity index (χ1n) is 21.1. The lowest BCUT2D eigenvalue weighted by atomic mass is 9.88. The number of benzene rings is 4. The summed E-state index contributed by atoms with van der Waals surface area (Å²) in [5, 5.41) is 16.9. The van der Waals surface area contributed by atoms with Gasteiger partial charge in [0.25, 0.3) is 21.6 Å². The molecule has 13 nitrogen and oxygen atoms in total. The number of allylic oxidation sites excluding steroid dienone is 1. The molecule has 3 aliphatic rings. The van der Waals surface area contributed by atoms with Gasteiger partial charge >= 0.3 is 0 Å². The Labute approximate surface area is 361 Å². The lowest BCUT2D eigenvalue weighted by Crippen LogP contribution is -2.47. The molecule has 0 unspecified atom stereocenters. The van der Waals surface area contributed by atoms with Gasteiger partial charge in [-0.3, -0.25) is 19.8 Å². The number of nitro benzene ring substituents is 1. The Bertz CT molecular complexity index is 2530. The van der Waals surface area contributed by atoms with Gasteiger partial charge in [0, 0.05) is 78.7 Å². The summed E-state index contributed by atoms with van der Waals surface area (Å²) in [5.41, 5.74) is 5.74. The first-order valence-corrected chi connectivity index (χ1v) is 23.0. The summed E-state index contributed by atoms with van der Waals surface area (Å²) in [5.74, 6) is -0.255. The molecule has 2 aliphatic heterocycles. The number of aromatic nitrogens is 1. The number of nitro groups is 1. The van der Waals surface area contributed by atoms with Crippen molar-refractivity contribution in [3.05, 3.63) is 123 Å². The molecule has 0 bridgehead atoms. The van der Waals surface area contributed by atoms with Crippen molar-refractivity contribution in [3.63, 3.8) is 0 Å². The number of ether oxygens (including phenoxy) is 1. The Hall–Kier alpha value is -5.41. The second-order valence-electron chi connectivity index (χ2n) is 16.3. The highest BCUT2D eigenvalue weighted by Crippen LogP contribution is 2.36. The summed E-state index contributed by atoms with van der Waals surface area (Å²) in [6.07, 6.45) is 10.4. The highest BCUT2D eigenvalue weighted by Gasteiger charge is 2.28. The highest BCUT2D eigenvalue weighted by atomic mass is 35.5. The lowest BCUT2D eigenvalue weighted by molar-refractivity contribution is -0.384. The maximum absolute atomic E-state index is 14.0. The van der Waals surface area contributed by atoms with Gasteiger partial charge in [0.15, 0.2) is 0 Å². The van der Waals surface area contributed by atoms with Gasteiger partial charge in [-0.2, -0.15) is 0 Å². The largest absolute Gasteiger partial charge is 0.456 e. The molecule has 8 rings (SSSR count). The molecule has 0 radical (unpaired) electrons. The van der Waals surface area contributed by atoms with Crippen LogP contribution in [0.25, 0.3) is 16.5 Å². The molecule has 15 heteroatoms. The van der Waals surface area contributed by atoms with E-state index in [0.717, 1.165) is 99.2 Å². The monoisotopic (exact) mass is 865 g/mol. The minimum Gasteiger partial charge on any atom is -0.456 e. The van der Waals surface area contributed by atoms with Crippen molar-refractivity contribution in [1.29, 1.82) is 0 Å². The molecule has 0 spiro atoms. The number of piperidine rings is 1. The maximum atomic E-state index is 14.0. The van der Waals surface area contributed by atoms with Crippen molar-refractivity contribution in [2.24, 2.45) is 0 Å². The van der Waals surface area contributed by atoms with Crippen molar-refractivity contribution in [2.75, 3.05) is 63.1 Å². The van der Waals surface area contributed by atoms with E-state index in [1.807, 2.05) is 43.4 Å². The quantitative estimate of drug-likeness (QED) is 0.0818. The number of rotatable bonds is 12. The Morgan fingerprint density at radius 1 is 0.885 bits per heavy atom. The number of carbonyl (C=O) groups excluding carboxylic acids is 1. The Morgan fingerprint density at radius 3 is 2.39 bits per heavy atom. The number of nitrogens with zero attached hydrogens (tertiary/aromatic N) is 4. The number of halogens is 1. The predicted molar refractivity (Wildman–Crippen MR) is 241 cm³/mol. The number of carbonyl (C=O) groups is 1. The lowest BCUT2D eigenvalue weighted by Gasteiger charge is -2.37. The zero-order valence-corrected chi connectivity index (χ0v) is 35.9. The van der Waals surface area contributed by atoms with E-state index < -0.39 is 25.7 Å². The van der Waals surface area contributed by atoms with Crippen LogP contribution < -0.4 is 19.7 Å². The molecule has 2 saturated heterocycles. The number of likely N-dealkylation sites (tertiary alicyclic amines) is 1. The molecule has 1 aliphatic carbocycles. The molecule has 320 valence electrons. The van der Waals surface area contributed by atoms with Gasteiger partial charge in [-0.25, -0.2) is 13.1 Å². The number of piperazine rings is 1. The van der Waals surface area contributed by atoms with Crippen LogP contribution in [0.2, 0.25) is 5.02 Å². The van der Waals surface area contributed by atoms with E-state index in [1.54, 1.807) is 24.4 Å². The van der Waals surface area contributed by atoms with E-state index in [2.05, 4.69) is 41.9 Å². The number of hydrogen-bond acceptors (Lipinski definition) is 10. The number of nitrogens with one attached hydrogen (secondary N) is 3. The number of anilines is 2. The average Bonchev–Trinajstić information content (AvgIpc) is 3.74. The molecule has 1 amide bonds. The van der Waals surface area contributed by atoms with Crippen molar-refractivity contribution in [1.82, 2.24) is 19.5 Å². The van der Waals surface area contributed by atoms with E-state index >= 15 is 0 Å². The van der Waals surface area contributed by atoms with E-state index in [9.17, 15) is 23.3 Å². The molecule has 4 aromatic carbocycles. The van der Waals surface area contributed by atoms with Gasteiger partial charge in [-0.1, -0.05) is 48.2 Å².